The highest BCUT2D eigenvalue weighted by Gasteiger charge is 2.53. The van der Waals surface area contributed by atoms with E-state index in [1.54, 1.807) is 28.1 Å². The first kappa shape index (κ1) is 57.2. The number of methoxy groups -OCH3 is 3. The molecule has 0 aromatic carbocycles. The number of hydrogen-bond donors (Lipinski definition) is 2. The number of Topliss-reactive ketones (excluding diaryl/α,β-unsaturated/α-hetero) is 3. The van der Waals surface area contributed by atoms with E-state index in [9.17, 15) is 34.2 Å². The van der Waals surface area contributed by atoms with Gasteiger partial charge in [-0.05, 0) is 102 Å². The third-order valence-electron chi connectivity index (χ3n) is 15.0. The van der Waals surface area contributed by atoms with Gasteiger partial charge >= 0.3 is 5.97 Å². The fourth-order valence-electron chi connectivity index (χ4n) is 10.5. The first-order chi connectivity index (χ1) is 32.3. The minimum absolute atomic E-state index is 0.0231. The predicted octanol–water partition coefficient (Wildman–Crippen LogP) is 7.16. The summed E-state index contributed by atoms with van der Waals surface area (Å²) in [6.45, 7) is 20.3. The molecule has 15 atom stereocenters. The number of piperidine rings is 1. The van der Waals surface area contributed by atoms with Crippen molar-refractivity contribution in [1.82, 2.24) is 4.90 Å². The standard InChI is InChI=1S/C54H83NO13/c1-33-17-13-12-14-18-34(2)46(63-9)31-42-22-20-39(7)54(62,68-42)51(59)52(60)55-24-16-15-19-43(55)53(61)67-47(37(5)29-41-21-23-45(66-26-25-56)48(30-41)64-10)32-44(57)36(4)28-35(3)40(8)50(65-11)49(58)38(6)27-33/h5,12-14,17-18,28,33,36-43,45-48,50,56,62H,15-16,19-27,29-32H2,1-4,6-11H3/b14-12+,17-13+,34-18+,35-28+/t33-,36-,37-,38-,39-,40-,41+,42?,43+,45-,46+,47?,48-,50-,54-/m1/s1. The van der Waals surface area contributed by atoms with Crippen molar-refractivity contribution < 1.29 is 62.6 Å². The fourth-order valence-corrected chi connectivity index (χ4v) is 10.5. The fraction of sp³-hybridized carbons (Fsp3) is 0.741. The molecule has 0 spiro atoms. The molecule has 4 rings (SSSR count). The zero-order chi connectivity index (χ0) is 50.3. The van der Waals surface area contributed by atoms with E-state index in [-0.39, 0.29) is 80.0 Å². The van der Waals surface area contributed by atoms with Crippen LogP contribution in [0.2, 0.25) is 0 Å². The van der Waals surface area contributed by atoms with Crippen LogP contribution in [-0.2, 0) is 52.4 Å². The Morgan fingerprint density at radius 1 is 0.853 bits per heavy atom. The van der Waals surface area contributed by atoms with Crippen LogP contribution in [0.3, 0.4) is 0 Å². The van der Waals surface area contributed by atoms with Crippen molar-refractivity contribution in [2.24, 2.45) is 41.4 Å². The molecule has 3 fully saturated rings. The predicted molar refractivity (Wildman–Crippen MR) is 258 cm³/mol. The van der Waals surface area contributed by atoms with E-state index in [1.807, 2.05) is 64.2 Å². The first-order valence-electron chi connectivity index (χ1n) is 25.1. The maximum atomic E-state index is 14.4. The van der Waals surface area contributed by atoms with Crippen LogP contribution >= 0.6 is 0 Å². The summed E-state index contributed by atoms with van der Waals surface area (Å²) in [4.78, 5) is 72.3. The summed E-state index contributed by atoms with van der Waals surface area (Å²) in [5.41, 5.74) is 1.69. The van der Waals surface area contributed by atoms with Crippen molar-refractivity contribution in [2.75, 3.05) is 41.1 Å². The number of aliphatic hydroxyl groups is 2. The lowest BCUT2D eigenvalue weighted by Gasteiger charge is -2.42. The van der Waals surface area contributed by atoms with Gasteiger partial charge in [0.15, 0.2) is 5.78 Å². The minimum Gasteiger partial charge on any atom is -0.460 e. The van der Waals surface area contributed by atoms with E-state index in [1.165, 1.54) is 12.0 Å². The van der Waals surface area contributed by atoms with Gasteiger partial charge in [-0.1, -0.05) is 76.6 Å². The van der Waals surface area contributed by atoms with Gasteiger partial charge in [-0.15, -0.1) is 0 Å². The number of esters is 1. The average Bonchev–Trinajstić information content (AvgIpc) is 3.32. The van der Waals surface area contributed by atoms with Crippen LogP contribution in [0, 0.1) is 48.3 Å². The molecule has 2 bridgehead atoms. The number of ether oxygens (including phenoxy) is 6. The quantitative estimate of drug-likeness (QED) is 0.135. The smallest absolute Gasteiger partial charge is 0.329 e. The van der Waals surface area contributed by atoms with Crippen molar-refractivity contribution in [3.63, 3.8) is 0 Å². The number of fused-ring (bicyclic) bond motifs is 3. The molecule has 3 heterocycles. The lowest BCUT2D eigenvalue weighted by molar-refractivity contribution is -0.265. The summed E-state index contributed by atoms with van der Waals surface area (Å²) >= 11 is 0. The number of amides is 1. The Balaban J connectivity index is 1.70. The third kappa shape index (κ3) is 15.3. The van der Waals surface area contributed by atoms with Crippen LogP contribution in [-0.4, -0.2) is 134 Å². The summed E-state index contributed by atoms with van der Waals surface area (Å²) in [5, 5.41) is 21.3. The van der Waals surface area contributed by atoms with Crippen molar-refractivity contribution in [3.8, 4) is 0 Å². The molecule has 14 nitrogen and oxygen atoms in total. The van der Waals surface area contributed by atoms with E-state index in [0.717, 1.165) is 17.6 Å². The van der Waals surface area contributed by atoms with Gasteiger partial charge in [0.2, 0.25) is 5.79 Å². The van der Waals surface area contributed by atoms with Crippen molar-refractivity contribution in [1.29, 1.82) is 0 Å². The minimum atomic E-state index is -2.44. The van der Waals surface area contributed by atoms with Crippen LogP contribution < -0.4 is 0 Å². The van der Waals surface area contributed by atoms with Gasteiger partial charge in [-0.25, -0.2) is 4.79 Å². The molecule has 2 radical (unpaired) electrons. The molecule has 2 N–H and O–H groups in total. The van der Waals surface area contributed by atoms with Gasteiger partial charge in [0.25, 0.3) is 11.7 Å². The number of ketones is 3. The maximum Gasteiger partial charge on any atom is 0.329 e. The molecular formula is C54H83NO13. The third-order valence-corrected chi connectivity index (χ3v) is 15.0. The molecule has 2 unspecified atom stereocenters. The Morgan fingerprint density at radius 3 is 2.26 bits per heavy atom. The molecule has 1 saturated carbocycles. The van der Waals surface area contributed by atoms with E-state index in [2.05, 4.69) is 6.92 Å². The molecule has 0 aromatic heterocycles. The lowest BCUT2D eigenvalue weighted by atomic mass is 9.78. The Morgan fingerprint density at radius 2 is 1.59 bits per heavy atom. The van der Waals surface area contributed by atoms with Gasteiger partial charge in [0.1, 0.15) is 24.0 Å². The van der Waals surface area contributed by atoms with Crippen LogP contribution in [0.4, 0.5) is 0 Å². The highest BCUT2D eigenvalue weighted by atomic mass is 16.6. The molecule has 1 amide bonds. The van der Waals surface area contributed by atoms with E-state index in [4.69, 9.17) is 35.3 Å². The van der Waals surface area contributed by atoms with Crippen LogP contribution in [0.25, 0.3) is 0 Å². The van der Waals surface area contributed by atoms with Crippen LogP contribution in [0.1, 0.15) is 126 Å². The molecular weight excluding hydrogens is 871 g/mol. The van der Waals surface area contributed by atoms with Crippen LogP contribution in [0.5, 0.6) is 0 Å². The molecule has 68 heavy (non-hydrogen) atoms. The Hall–Kier alpha value is -3.37. The Bertz CT molecular complexity index is 1810. The molecule has 382 valence electrons. The second-order valence-electron chi connectivity index (χ2n) is 20.2. The number of nitrogens with zero attached hydrogens (tertiary/aromatic N) is 1. The van der Waals surface area contributed by atoms with Crippen molar-refractivity contribution >= 4 is 29.2 Å². The normalized spacial score (nSPS) is 39.2. The number of carbonyl (C=O) groups is 5. The first-order valence-corrected chi connectivity index (χ1v) is 25.1. The number of cyclic esters (lactones) is 1. The van der Waals surface area contributed by atoms with Gasteiger partial charge in [0, 0.05) is 70.3 Å². The SMILES string of the molecule is [CH][C@H](C[C@@H]1CC[C@@H](OCCO)[C@H](OC)C1)C1CC(=O)[C@H](C)/C=C(\C)[C@@H](C)[C@@H](OC)C(=O)[C@H](C)C[C@H](C)/C=C/C=C/C=C(\C)[C@@H](OC)CC2CC[C@@H](C)[C@@](O)(O2)C(=O)C(=O)N2CCCC[C@H]2C(=O)O1. The highest BCUT2D eigenvalue weighted by molar-refractivity contribution is 6.39. The molecule has 0 aromatic rings. The highest BCUT2D eigenvalue weighted by Crippen LogP contribution is 2.38. The number of rotatable bonds is 9. The zero-order valence-electron chi connectivity index (χ0n) is 42.6. The van der Waals surface area contributed by atoms with E-state index in [0.29, 0.717) is 57.8 Å². The molecule has 4 aliphatic rings. The number of hydrogen-bond acceptors (Lipinski definition) is 13. The zero-order valence-corrected chi connectivity index (χ0v) is 42.6. The summed E-state index contributed by atoms with van der Waals surface area (Å²) in [6.07, 6.45) is 13.6. The molecule has 1 aliphatic carbocycles. The summed E-state index contributed by atoms with van der Waals surface area (Å²) < 4.78 is 35.7. The van der Waals surface area contributed by atoms with Gasteiger partial charge < -0.3 is 43.5 Å². The second kappa shape index (κ2) is 27.3. The summed E-state index contributed by atoms with van der Waals surface area (Å²) in [7, 11) is 4.72. The van der Waals surface area contributed by atoms with Crippen molar-refractivity contribution in [3.05, 3.63) is 54.5 Å². The van der Waals surface area contributed by atoms with Gasteiger partial charge in [0.05, 0.1) is 37.6 Å². The largest absolute Gasteiger partial charge is 0.460 e. The lowest BCUT2D eigenvalue weighted by Crippen LogP contribution is -2.61. The topological polar surface area (TPSA) is 184 Å². The summed E-state index contributed by atoms with van der Waals surface area (Å²) in [5.74, 6) is -8.31. The molecule has 2 saturated heterocycles. The average molecular weight is 954 g/mol. The molecule has 14 heteroatoms. The Kier molecular flexibility index (Phi) is 23.0. The van der Waals surface area contributed by atoms with Crippen molar-refractivity contribution in [2.45, 2.75) is 174 Å². The van der Waals surface area contributed by atoms with Gasteiger partial charge in [-0.3, -0.25) is 19.2 Å². The van der Waals surface area contributed by atoms with Gasteiger partial charge in [-0.2, -0.15) is 0 Å². The number of allylic oxidation sites excluding steroid dienone is 6. The van der Waals surface area contributed by atoms with E-state index >= 15 is 0 Å². The number of carbonyl (C=O) groups excluding carboxylic acids is 5. The Labute approximate surface area is 406 Å². The summed E-state index contributed by atoms with van der Waals surface area (Å²) in [6, 6.07) is -1.17. The van der Waals surface area contributed by atoms with Crippen LogP contribution in [0.15, 0.2) is 47.6 Å². The van der Waals surface area contributed by atoms with E-state index < -0.39 is 71.7 Å². The molecule has 3 aliphatic heterocycles. The monoisotopic (exact) mass is 954 g/mol. The maximum absolute atomic E-state index is 14.4. The second-order valence-corrected chi connectivity index (χ2v) is 20.2. The number of aliphatic hydroxyl groups excluding tert-OH is 1.